The Kier molecular flexibility index (Phi) is 7.19. The number of benzene rings is 2. The van der Waals surface area contributed by atoms with Gasteiger partial charge < -0.3 is 15.0 Å². The first kappa shape index (κ1) is 25.5. The Bertz CT molecular complexity index is 1480. The molecule has 38 heavy (non-hydrogen) atoms. The van der Waals surface area contributed by atoms with E-state index in [2.05, 4.69) is 44.3 Å². The predicted molar refractivity (Wildman–Crippen MR) is 144 cm³/mol. The van der Waals surface area contributed by atoms with Gasteiger partial charge in [0.15, 0.2) is 12.4 Å². The molecule has 1 aliphatic rings. The number of fused-ring (bicyclic) bond motifs is 2. The summed E-state index contributed by atoms with van der Waals surface area (Å²) in [4.78, 5) is 25.2. The van der Waals surface area contributed by atoms with Crippen LogP contribution in [-0.2, 0) is 17.9 Å². The molecule has 0 fully saturated rings. The number of nitrogens with one attached hydrogen (secondary N) is 1. The summed E-state index contributed by atoms with van der Waals surface area (Å²) in [6.45, 7) is 11.7. The highest BCUT2D eigenvalue weighted by atomic mass is 19.1. The second-order valence-corrected chi connectivity index (χ2v) is 9.00. The maximum absolute atomic E-state index is 14.9. The van der Waals surface area contributed by atoms with Gasteiger partial charge in [-0.25, -0.2) is 19.0 Å². The van der Waals surface area contributed by atoms with E-state index in [9.17, 15) is 9.18 Å². The van der Waals surface area contributed by atoms with Crippen LogP contribution in [0.2, 0.25) is 0 Å². The molecule has 10 nitrogen and oxygen atoms in total. The summed E-state index contributed by atoms with van der Waals surface area (Å²) >= 11 is 0. The number of halogens is 1. The fourth-order valence-corrected chi connectivity index (χ4v) is 4.71. The van der Waals surface area contributed by atoms with E-state index >= 15 is 0 Å². The number of amides is 1. The second-order valence-electron chi connectivity index (χ2n) is 9.00. The van der Waals surface area contributed by atoms with Gasteiger partial charge in [0.2, 0.25) is 5.95 Å². The summed E-state index contributed by atoms with van der Waals surface area (Å²) in [7, 11) is 0. The van der Waals surface area contributed by atoms with Crippen molar-refractivity contribution in [2.24, 2.45) is 0 Å². The lowest BCUT2D eigenvalue weighted by Gasteiger charge is -2.31. The molecule has 5 rings (SSSR count). The van der Waals surface area contributed by atoms with E-state index < -0.39 is 5.82 Å². The maximum Gasteiger partial charge on any atom is 0.265 e. The van der Waals surface area contributed by atoms with Gasteiger partial charge in [-0.05, 0) is 51.2 Å². The van der Waals surface area contributed by atoms with Crippen LogP contribution in [0.5, 0.6) is 5.75 Å². The number of carbonyl (C=O) groups excluding carboxylic acids is 1. The van der Waals surface area contributed by atoms with Crippen LogP contribution in [0, 0.1) is 5.82 Å². The normalized spacial score (nSPS) is 13.2. The first-order valence-corrected chi connectivity index (χ1v) is 12.9. The molecule has 1 N–H and O–H groups in total. The molecule has 0 spiro atoms. The maximum atomic E-state index is 14.9. The molecule has 0 bridgehead atoms. The summed E-state index contributed by atoms with van der Waals surface area (Å²) in [6, 6.07) is 9.24. The number of carbonyl (C=O) groups is 1. The van der Waals surface area contributed by atoms with Crippen LogP contribution in [-0.4, -0.2) is 62.0 Å². The SMILES string of the molecule is CCN(CC)Cc1cc(Nc2ncc(F)c(-c3ccc4nnn(CC)c4c3)n2)cc2c1OCC(=O)N2CC. The van der Waals surface area contributed by atoms with Crippen LogP contribution in [0.15, 0.2) is 36.5 Å². The molecule has 2 aromatic carbocycles. The summed E-state index contributed by atoms with van der Waals surface area (Å²) in [5.74, 6) is 0.319. The lowest BCUT2D eigenvalue weighted by molar-refractivity contribution is -0.121. The van der Waals surface area contributed by atoms with Crippen molar-refractivity contribution < 1.29 is 13.9 Å². The smallest absolute Gasteiger partial charge is 0.265 e. The molecule has 198 valence electrons. The number of hydrogen-bond donors (Lipinski definition) is 1. The van der Waals surface area contributed by atoms with Crippen LogP contribution in [0.25, 0.3) is 22.3 Å². The van der Waals surface area contributed by atoms with Crippen LogP contribution in [0.3, 0.4) is 0 Å². The Morgan fingerprint density at radius 1 is 1.11 bits per heavy atom. The van der Waals surface area contributed by atoms with Crippen molar-refractivity contribution in [2.45, 2.75) is 40.8 Å². The van der Waals surface area contributed by atoms with E-state index in [1.807, 2.05) is 32.0 Å². The summed E-state index contributed by atoms with van der Waals surface area (Å²) < 4.78 is 22.5. The zero-order chi connectivity index (χ0) is 26.8. The number of rotatable bonds is 9. The van der Waals surface area contributed by atoms with Crippen molar-refractivity contribution in [3.63, 3.8) is 0 Å². The third-order valence-corrected chi connectivity index (χ3v) is 6.77. The Balaban J connectivity index is 1.53. The highest BCUT2D eigenvalue weighted by molar-refractivity contribution is 5.99. The minimum Gasteiger partial charge on any atom is -0.481 e. The lowest BCUT2D eigenvalue weighted by atomic mass is 10.1. The first-order valence-electron chi connectivity index (χ1n) is 12.9. The number of aryl methyl sites for hydroxylation is 1. The number of likely N-dealkylation sites (N-methyl/N-ethyl adjacent to an activating group) is 1. The molecule has 3 heterocycles. The lowest BCUT2D eigenvalue weighted by Crippen LogP contribution is -2.39. The van der Waals surface area contributed by atoms with E-state index in [4.69, 9.17) is 4.74 Å². The standard InChI is InChI=1S/C27H31FN8O2/c1-5-34(6-2)15-18-11-19(13-23-26(18)38-16-24(37)35(23)7-3)30-27-29-14-20(28)25(31-27)17-9-10-21-22(12-17)36(8-4)33-32-21/h9-14H,5-8,15-16H2,1-4H3,(H,29,30,31). The predicted octanol–water partition coefficient (Wildman–Crippen LogP) is 4.38. The van der Waals surface area contributed by atoms with Crippen molar-refractivity contribution in [2.75, 3.05) is 36.5 Å². The molecule has 0 aliphatic carbocycles. The molecule has 2 aromatic heterocycles. The van der Waals surface area contributed by atoms with Gasteiger partial charge >= 0.3 is 0 Å². The van der Waals surface area contributed by atoms with Gasteiger partial charge in [-0.15, -0.1) is 5.10 Å². The van der Waals surface area contributed by atoms with Crippen LogP contribution >= 0.6 is 0 Å². The average molecular weight is 519 g/mol. The van der Waals surface area contributed by atoms with Crippen LogP contribution in [0.4, 0.5) is 21.7 Å². The van der Waals surface area contributed by atoms with Gasteiger partial charge in [0.1, 0.15) is 17.0 Å². The van der Waals surface area contributed by atoms with E-state index in [1.165, 1.54) is 0 Å². The molecule has 1 amide bonds. The van der Waals surface area contributed by atoms with Crippen molar-refractivity contribution >= 4 is 34.3 Å². The Morgan fingerprint density at radius 2 is 1.92 bits per heavy atom. The number of hydrogen-bond acceptors (Lipinski definition) is 8. The van der Waals surface area contributed by atoms with Gasteiger partial charge in [0, 0.05) is 36.4 Å². The molecule has 0 atom stereocenters. The molecule has 0 unspecified atom stereocenters. The van der Waals surface area contributed by atoms with E-state index in [1.54, 1.807) is 21.7 Å². The minimum absolute atomic E-state index is 0.0140. The fraction of sp³-hybridized carbons (Fsp3) is 0.370. The Morgan fingerprint density at radius 3 is 2.66 bits per heavy atom. The number of ether oxygens (including phenoxy) is 1. The Hall–Kier alpha value is -4.12. The Labute approximate surface area is 220 Å². The van der Waals surface area contributed by atoms with Crippen LogP contribution < -0.4 is 15.0 Å². The first-order chi connectivity index (χ1) is 18.4. The fourth-order valence-electron chi connectivity index (χ4n) is 4.71. The largest absolute Gasteiger partial charge is 0.481 e. The quantitative estimate of drug-likeness (QED) is 0.348. The van der Waals surface area contributed by atoms with Gasteiger partial charge in [0.25, 0.3) is 5.91 Å². The molecule has 1 aliphatic heterocycles. The summed E-state index contributed by atoms with van der Waals surface area (Å²) in [6.07, 6.45) is 1.16. The average Bonchev–Trinajstić information content (AvgIpc) is 3.35. The van der Waals surface area contributed by atoms with Gasteiger partial charge in [-0.1, -0.05) is 25.1 Å². The van der Waals surface area contributed by atoms with Crippen molar-refractivity contribution in [1.29, 1.82) is 0 Å². The van der Waals surface area contributed by atoms with E-state index in [-0.39, 0.29) is 24.2 Å². The highest BCUT2D eigenvalue weighted by Gasteiger charge is 2.28. The topological polar surface area (TPSA) is 101 Å². The van der Waals surface area contributed by atoms with Crippen molar-refractivity contribution in [3.8, 4) is 17.0 Å². The molecule has 0 radical (unpaired) electrons. The summed E-state index contributed by atoms with van der Waals surface area (Å²) in [5, 5.41) is 11.5. The number of nitrogens with zero attached hydrogens (tertiary/aromatic N) is 7. The van der Waals surface area contributed by atoms with E-state index in [0.717, 1.165) is 35.9 Å². The third-order valence-electron chi connectivity index (χ3n) is 6.77. The summed E-state index contributed by atoms with van der Waals surface area (Å²) in [5.41, 5.74) is 4.64. The van der Waals surface area contributed by atoms with Gasteiger partial charge in [0.05, 0.1) is 17.4 Å². The van der Waals surface area contributed by atoms with Gasteiger partial charge in [-0.3, -0.25) is 9.69 Å². The molecule has 0 saturated carbocycles. The highest BCUT2D eigenvalue weighted by Crippen LogP contribution is 2.39. The van der Waals surface area contributed by atoms with Crippen molar-refractivity contribution in [3.05, 3.63) is 47.9 Å². The third kappa shape index (κ3) is 4.76. The minimum atomic E-state index is -0.533. The van der Waals surface area contributed by atoms with Crippen molar-refractivity contribution in [1.82, 2.24) is 29.9 Å². The van der Waals surface area contributed by atoms with E-state index in [0.29, 0.717) is 42.3 Å². The molecule has 11 heteroatoms. The molecular formula is C27H31FN8O2. The zero-order valence-electron chi connectivity index (χ0n) is 22.0. The number of anilines is 3. The van der Waals surface area contributed by atoms with Crippen LogP contribution in [0.1, 0.15) is 33.3 Å². The second kappa shape index (κ2) is 10.7. The number of aromatic nitrogens is 5. The zero-order valence-corrected chi connectivity index (χ0v) is 22.0. The van der Waals surface area contributed by atoms with Gasteiger partial charge in [-0.2, -0.15) is 0 Å². The monoisotopic (exact) mass is 518 g/mol. The molecule has 4 aromatic rings. The molecular weight excluding hydrogens is 487 g/mol. The molecule has 0 saturated heterocycles.